The van der Waals surface area contributed by atoms with Crippen LogP contribution in [-0.2, 0) is 9.71 Å². The van der Waals surface area contributed by atoms with Gasteiger partial charge in [0.05, 0.1) is 0 Å². The van der Waals surface area contributed by atoms with Crippen LogP contribution in [-0.4, -0.2) is 0 Å². The minimum absolute atomic E-state index is 0. The van der Waals surface area contributed by atoms with Crippen molar-refractivity contribution in [3.8, 4) is 0 Å². The van der Waals surface area contributed by atoms with Crippen LogP contribution in [0.1, 0.15) is 0 Å². The van der Waals surface area contributed by atoms with E-state index in [-0.39, 0.29) is 56.6 Å². The van der Waals surface area contributed by atoms with E-state index in [1.807, 2.05) is 0 Å². The van der Waals surface area contributed by atoms with Crippen LogP contribution in [0.2, 0.25) is 0 Å². The predicted molar refractivity (Wildman–Crippen MR) is 10.9 cm³/mol. The molecule has 0 aliphatic carbocycles. The predicted octanol–water partition coefficient (Wildman–Crippen LogP) is -11.0. The summed E-state index contributed by atoms with van der Waals surface area (Å²) in [5, 5.41) is 1.25. The number of halogens is 2. The van der Waals surface area contributed by atoms with Gasteiger partial charge in [0.2, 0.25) is 0 Å². The van der Waals surface area contributed by atoms with Crippen molar-refractivity contribution in [1.82, 2.24) is 0 Å². The summed E-state index contributed by atoms with van der Waals surface area (Å²) < 4.78 is 26.8. The van der Waals surface area contributed by atoms with Crippen molar-refractivity contribution in [3.63, 3.8) is 0 Å². The summed E-state index contributed by atoms with van der Waals surface area (Å²) in [5.74, 6) is 0. The molecular weight excluding hydrogens is 170 g/mol. The normalized spacial score (nSPS) is 7.00. The van der Waals surface area contributed by atoms with Gasteiger partial charge < -0.3 is 19.2 Å². The Bertz CT molecular complexity index is 75.5. The molecule has 11 heteroatoms. The number of rotatable bonds is 0. The maximum atomic E-state index is 9.12. The first-order valence-electron chi connectivity index (χ1n) is 1.04. The Balaban J connectivity index is -0.0000000183. The molecule has 0 amide bonds. The van der Waals surface area contributed by atoms with Gasteiger partial charge in [-0.15, -0.1) is 0 Å². The van der Waals surface area contributed by atoms with Gasteiger partial charge >= 0.3 is 56.6 Å². The smallest absolute Gasteiger partial charge is 0.822 e. The summed E-state index contributed by atoms with van der Waals surface area (Å²) >= 11 is 0. The maximum Gasteiger partial charge on any atom is 1.00 e. The maximum absolute atomic E-state index is 9.12. The molecule has 0 saturated carbocycles. The molecule has 5 nitrogen and oxygen atoms in total. The molecular formula is F2Li3O5P. The fourth-order valence-electron chi connectivity index (χ4n) is 0. The monoisotopic (exact) mass is 170 g/mol. The van der Waals surface area contributed by atoms with Crippen molar-refractivity contribution in [2.45, 2.75) is 0 Å². The molecule has 0 atom stereocenters. The van der Waals surface area contributed by atoms with E-state index in [1.165, 1.54) is 5.15 Å². The second-order valence-electron chi connectivity index (χ2n) is 0.506. The third-order valence-electron chi connectivity index (χ3n) is 0. The second-order valence-corrected chi connectivity index (χ2v) is 1.40. The molecule has 0 N–H and O–H groups in total. The van der Waals surface area contributed by atoms with Crippen molar-refractivity contribution in [1.29, 1.82) is 0 Å². The molecule has 0 aromatic carbocycles. The van der Waals surface area contributed by atoms with Crippen LogP contribution in [0.25, 0.3) is 0 Å². The SMILES string of the molecule is FOF.O=P([O-])([O-])[O-].[Li+].[Li+].[Li+]. The van der Waals surface area contributed by atoms with Gasteiger partial charge in [-0.2, -0.15) is 7.82 Å². The van der Waals surface area contributed by atoms with Crippen molar-refractivity contribution < 1.29 is 90.0 Å². The average molecular weight is 170 g/mol. The fourth-order valence-corrected chi connectivity index (χ4v) is 0. The number of phosphoric acid groups is 1. The molecule has 0 unspecified atom stereocenters. The summed E-state index contributed by atoms with van der Waals surface area (Å²) in [6.07, 6.45) is 0. The molecule has 0 saturated heterocycles. The van der Waals surface area contributed by atoms with Gasteiger partial charge in [-0.05, 0) is 9.05 Å². The van der Waals surface area contributed by atoms with Crippen LogP contribution < -0.4 is 71.3 Å². The molecule has 0 aliphatic rings. The molecule has 0 fully saturated rings. The molecule has 0 radical (unpaired) electrons. The summed E-state index contributed by atoms with van der Waals surface area (Å²) in [6, 6.07) is 0. The van der Waals surface area contributed by atoms with Gasteiger partial charge in [0.25, 0.3) is 0 Å². The van der Waals surface area contributed by atoms with E-state index in [2.05, 4.69) is 0 Å². The first-order chi connectivity index (χ1) is 3.41. The van der Waals surface area contributed by atoms with Crippen LogP contribution in [0, 0.1) is 0 Å². The van der Waals surface area contributed by atoms with Crippen molar-refractivity contribution in [2.24, 2.45) is 0 Å². The van der Waals surface area contributed by atoms with Gasteiger partial charge in [-0.3, -0.25) is 0 Å². The molecule has 11 heavy (non-hydrogen) atoms. The summed E-state index contributed by atoms with van der Waals surface area (Å²) in [5.41, 5.74) is 0. The summed E-state index contributed by atoms with van der Waals surface area (Å²) in [7, 11) is -5.39. The molecule has 0 rings (SSSR count). The van der Waals surface area contributed by atoms with Gasteiger partial charge in [0.1, 0.15) is 0 Å². The van der Waals surface area contributed by atoms with E-state index in [0.717, 1.165) is 0 Å². The van der Waals surface area contributed by atoms with E-state index in [4.69, 9.17) is 28.3 Å². The van der Waals surface area contributed by atoms with Gasteiger partial charge in [0, 0.05) is 5.15 Å². The van der Waals surface area contributed by atoms with Crippen molar-refractivity contribution in [2.75, 3.05) is 0 Å². The third kappa shape index (κ3) is 374. The Kier molecular flexibility index (Phi) is 47.2. The minimum Gasteiger partial charge on any atom is -0.822 e. The Hall–Kier alpha value is 1.72. The average Bonchev–Trinajstić information content (AvgIpc) is 1.27. The van der Waals surface area contributed by atoms with Crippen LogP contribution in [0.3, 0.4) is 0 Å². The largest absolute Gasteiger partial charge is 1.00 e. The van der Waals surface area contributed by atoms with Crippen LogP contribution >= 0.6 is 7.82 Å². The molecule has 0 spiro atoms. The number of hydrogen-bond acceptors (Lipinski definition) is 5. The third-order valence-corrected chi connectivity index (χ3v) is 0. The Labute approximate surface area is 97.5 Å². The van der Waals surface area contributed by atoms with E-state index >= 15 is 0 Å². The first-order valence-corrected chi connectivity index (χ1v) is 2.50. The molecule has 0 aromatic rings. The Morgan fingerprint density at radius 2 is 1.00 bits per heavy atom. The first kappa shape index (κ1) is 29.3. The zero-order valence-electron chi connectivity index (χ0n) is 6.24. The molecule has 52 valence electrons. The Morgan fingerprint density at radius 1 is 1.00 bits per heavy atom. The van der Waals surface area contributed by atoms with Gasteiger partial charge in [-0.25, -0.2) is 0 Å². The topological polar surface area (TPSA) is 95.5 Å². The van der Waals surface area contributed by atoms with E-state index in [0.29, 0.717) is 0 Å². The second kappa shape index (κ2) is 17.7. The fraction of sp³-hybridized carbons (Fsp3) is 0. The quantitative estimate of drug-likeness (QED) is 0.265. The zero-order valence-corrected chi connectivity index (χ0v) is 7.14. The standard InChI is InChI=1S/F2O.3Li.H3O4P/c1-3-2;;;;1-5(2,3)4/h;;;;(H3,1,2,3,4)/q;3*+1;/p-3. The summed E-state index contributed by atoms with van der Waals surface area (Å²) in [6.45, 7) is 0. The van der Waals surface area contributed by atoms with Gasteiger partial charge in [-0.1, -0.05) is 0 Å². The number of hydrogen-bond donors (Lipinski definition) is 0. The Morgan fingerprint density at radius 3 is 1.00 bits per heavy atom. The van der Waals surface area contributed by atoms with E-state index in [1.54, 1.807) is 0 Å². The van der Waals surface area contributed by atoms with Crippen LogP contribution in [0.4, 0.5) is 9.05 Å². The zero-order chi connectivity index (χ0) is 7.21. The summed E-state index contributed by atoms with van der Waals surface area (Å²) in [4.78, 5) is 25.6. The van der Waals surface area contributed by atoms with E-state index in [9.17, 15) is 0 Å². The van der Waals surface area contributed by atoms with Crippen molar-refractivity contribution >= 4 is 7.82 Å². The van der Waals surface area contributed by atoms with Gasteiger partial charge in [0.15, 0.2) is 0 Å². The van der Waals surface area contributed by atoms with E-state index < -0.39 is 7.82 Å². The molecule has 0 aromatic heterocycles. The molecule has 0 aliphatic heterocycles. The van der Waals surface area contributed by atoms with Crippen molar-refractivity contribution in [3.05, 3.63) is 0 Å². The van der Waals surface area contributed by atoms with Crippen LogP contribution in [0.5, 0.6) is 0 Å². The molecule has 0 bridgehead atoms. The van der Waals surface area contributed by atoms with Crippen LogP contribution in [0.15, 0.2) is 0 Å². The molecule has 0 heterocycles. The minimum atomic E-state index is -5.39.